The second-order valence-corrected chi connectivity index (χ2v) is 5.82. The minimum Gasteiger partial charge on any atom is -0.481 e. The van der Waals surface area contributed by atoms with E-state index < -0.39 is 5.97 Å². The normalized spacial score (nSPS) is 22.9. The highest BCUT2D eigenvalue weighted by Crippen LogP contribution is 2.36. The Kier molecular flexibility index (Phi) is 12.1. The molecule has 2 N–H and O–H groups in total. The molecule has 1 unspecified atom stereocenters. The molecular formula is C14H29Cl2NO2. The lowest BCUT2D eigenvalue weighted by molar-refractivity contribution is -0.145. The Hall–Kier alpha value is 0.01000. The monoisotopic (exact) mass is 313 g/mol. The zero-order valence-corrected chi connectivity index (χ0v) is 13.9. The molecule has 0 heterocycles. The van der Waals surface area contributed by atoms with E-state index in [1.807, 2.05) is 0 Å². The molecule has 1 atom stereocenters. The van der Waals surface area contributed by atoms with Crippen LogP contribution in [-0.2, 0) is 4.79 Å². The Bertz CT molecular complexity index is 244. The Morgan fingerprint density at radius 2 is 1.89 bits per heavy atom. The van der Waals surface area contributed by atoms with Crippen molar-refractivity contribution in [1.29, 1.82) is 0 Å². The third-order valence-corrected chi connectivity index (χ3v) is 3.74. The van der Waals surface area contributed by atoms with Gasteiger partial charge in [0.15, 0.2) is 0 Å². The fourth-order valence-corrected chi connectivity index (χ4v) is 2.54. The number of carboxylic acid groups (broad SMARTS) is 1. The van der Waals surface area contributed by atoms with Crippen LogP contribution in [0.5, 0.6) is 0 Å². The molecule has 116 valence electrons. The van der Waals surface area contributed by atoms with Crippen LogP contribution in [0.15, 0.2) is 0 Å². The second kappa shape index (κ2) is 10.8. The molecule has 0 aromatic heterocycles. The molecule has 1 saturated carbocycles. The van der Waals surface area contributed by atoms with Crippen LogP contribution in [0.25, 0.3) is 0 Å². The average Bonchev–Trinajstić information content (AvgIpc) is 2.18. The summed E-state index contributed by atoms with van der Waals surface area (Å²) in [6.45, 7) is 7.56. The van der Waals surface area contributed by atoms with Crippen LogP contribution in [0.4, 0.5) is 0 Å². The van der Waals surface area contributed by atoms with Crippen LogP contribution in [0, 0.1) is 17.8 Å². The van der Waals surface area contributed by atoms with Gasteiger partial charge in [-0.25, -0.2) is 0 Å². The second-order valence-electron chi connectivity index (χ2n) is 5.82. The van der Waals surface area contributed by atoms with Crippen LogP contribution in [0.2, 0.25) is 0 Å². The minimum absolute atomic E-state index is 0. The lowest BCUT2D eigenvalue weighted by Crippen LogP contribution is -2.46. The molecule has 1 aliphatic carbocycles. The lowest BCUT2D eigenvalue weighted by Gasteiger charge is -2.39. The van der Waals surface area contributed by atoms with Crippen molar-refractivity contribution in [3.8, 4) is 0 Å². The SMILES string of the molecule is CCCCC(C(=O)O)C1CC(NCC(C)C)C1.Cl.Cl. The van der Waals surface area contributed by atoms with Crippen molar-refractivity contribution in [1.82, 2.24) is 5.32 Å². The van der Waals surface area contributed by atoms with E-state index in [2.05, 4.69) is 26.1 Å². The van der Waals surface area contributed by atoms with E-state index in [-0.39, 0.29) is 30.7 Å². The summed E-state index contributed by atoms with van der Waals surface area (Å²) in [6, 6.07) is 0.561. The first-order chi connectivity index (χ1) is 8.04. The Morgan fingerprint density at radius 3 is 2.32 bits per heavy atom. The summed E-state index contributed by atoms with van der Waals surface area (Å²) in [7, 11) is 0. The summed E-state index contributed by atoms with van der Waals surface area (Å²) < 4.78 is 0. The molecule has 1 aliphatic rings. The fraction of sp³-hybridized carbons (Fsp3) is 0.929. The maximum absolute atomic E-state index is 11.2. The number of hydrogen-bond acceptors (Lipinski definition) is 2. The molecule has 0 aliphatic heterocycles. The number of nitrogens with one attached hydrogen (secondary N) is 1. The lowest BCUT2D eigenvalue weighted by atomic mass is 9.70. The van der Waals surface area contributed by atoms with Gasteiger partial charge in [0.25, 0.3) is 0 Å². The third kappa shape index (κ3) is 7.38. The first kappa shape index (κ1) is 21.3. The number of aliphatic carboxylic acids is 1. The van der Waals surface area contributed by atoms with Crippen molar-refractivity contribution in [2.24, 2.45) is 17.8 Å². The quantitative estimate of drug-likeness (QED) is 0.717. The number of unbranched alkanes of at least 4 members (excludes halogenated alkanes) is 1. The van der Waals surface area contributed by atoms with E-state index in [0.29, 0.717) is 17.9 Å². The highest BCUT2D eigenvalue weighted by atomic mass is 35.5. The van der Waals surface area contributed by atoms with Gasteiger partial charge in [0, 0.05) is 6.04 Å². The average molecular weight is 314 g/mol. The molecule has 0 saturated heterocycles. The molecule has 0 aromatic carbocycles. The fourth-order valence-electron chi connectivity index (χ4n) is 2.54. The predicted molar refractivity (Wildman–Crippen MR) is 84.5 cm³/mol. The maximum Gasteiger partial charge on any atom is 0.306 e. The van der Waals surface area contributed by atoms with E-state index in [0.717, 1.165) is 38.6 Å². The largest absolute Gasteiger partial charge is 0.481 e. The summed E-state index contributed by atoms with van der Waals surface area (Å²) >= 11 is 0. The van der Waals surface area contributed by atoms with Crippen LogP contribution in [0.3, 0.4) is 0 Å². The van der Waals surface area contributed by atoms with Crippen molar-refractivity contribution in [3.63, 3.8) is 0 Å². The predicted octanol–water partition coefficient (Wildman–Crippen LogP) is 3.75. The summed E-state index contributed by atoms with van der Waals surface area (Å²) in [5, 5.41) is 12.7. The highest BCUT2D eigenvalue weighted by molar-refractivity contribution is 5.85. The topological polar surface area (TPSA) is 49.3 Å². The van der Waals surface area contributed by atoms with Crippen molar-refractivity contribution in [2.75, 3.05) is 6.54 Å². The minimum atomic E-state index is -0.592. The van der Waals surface area contributed by atoms with E-state index in [9.17, 15) is 9.90 Å². The molecule has 0 aromatic rings. The summed E-state index contributed by atoms with van der Waals surface area (Å²) in [5.41, 5.74) is 0. The number of carbonyl (C=O) groups is 1. The molecule has 1 fully saturated rings. The summed E-state index contributed by atoms with van der Waals surface area (Å²) in [5.74, 6) is 0.380. The standard InChI is InChI=1S/C14H27NO2.2ClH/c1-4-5-6-13(14(16)17)11-7-12(8-11)15-9-10(2)3;;/h10-13,15H,4-9H2,1-3H3,(H,16,17);2*1H. The zero-order chi connectivity index (χ0) is 12.8. The molecule has 1 rings (SSSR count). The third-order valence-electron chi connectivity index (χ3n) is 3.74. The van der Waals surface area contributed by atoms with E-state index >= 15 is 0 Å². The van der Waals surface area contributed by atoms with E-state index in [1.165, 1.54) is 0 Å². The van der Waals surface area contributed by atoms with Gasteiger partial charge in [-0.2, -0.15) is 0 Å². The first-order valence-corrected chi connectivity index (χ1v) is 7.00. The highest BCUT2D eigenvalue weighted by Gasteiger charge is 2.37. The van der Waals surface area contributed by atoms with Gasteiger partial charge >= 0.3 is 5.97 Å². The molecule has 3 nitrogen and oxygen atoms in total. The molecule has 19 heavy (non-hydrogen) atoms. The van der Waals surface area contributed by atoms with Crippen LogP contribution in [-0.4, -0.2) is 23.7 Å². The Labute approximate surface area is 129 Å². The Balaban J connectivity index is 0. The summed E-state index contributed by atoms with van der Waals surface area (Å²) in [6.07, 6.45) is 5.08. The first-order valence-electron chi connectivity index (χ1n) is 7.00. The molecule has 0 bridgehead atoms. The van der Waals surface area contributed by atoms with Crippen LogP contribution < -0.4 is 5.32 Å². The summed E-state index contributed by atoms with van der Waals surface area (Å²) in [4.78, 5) is 11.2. The van der Waals surface area contributed by atoms with Crippen molar-refractivity contribution >= 4 is 30.8 Å². The maximum atomic E-state index is 11.2. The van der Waals surface area contributed by atoms with Crippen molar-refractivity contribution in [3.05, 3.63) is 0 Å². The number of rotatable bonds is 8. The van der Waals surface area contributed by atoms with Gasteiger partial charge in [0.05, 0.1) is 5.92 Å². The van der Waals surface area contributed by atoms with E-state index in [1.54, 1.807) is 0 Å². The van der Waals surface area contributed by atoms with Crippen LogP contribution in [0.1, 0.15) is 52.9 Å². The number of hydrogen-bond donors (Lipinski definition) is 2. The zero-order valence-electron chi connectivity index (χ0n) is 12.2. The molecular weight excluding hydrogens is 285 g/mol. The Morgan fingerprint density at radius 1 is 1.32 bits per heavy atom. The van der Waals surface area contributed by atoms with Gasteiger partial charge in [-0.15, -0.1) is 24.8 Å². The van der Waals surface area contributed by atoms with Crippen molar-refractivity contribution < 1.29 is 9.90 Å². The molecule has 5 heteroatoms. The van der Waals surface area contributed by atoms with Gasteiger partial charge in [-0.1, -0.05) is 33.6 Å². The number of carboxylic acids is 1. The smallest absolute Gasteiger partial charge is 0.306 e. The van der Waals surface area contributed by atoms with Gasteiger partial charge < -0.3 is 10.4 Å². The van der Waals surface area contributed by atoms with Gasteiger partial charge in [-0.3, -0.25) is 4.79 Å². The van der Waals surface area contributed by atoms with Gasteiger partial charge in [-0.05, 0) is 37.6 Å². The van der Waals surface area contributed by atoms with Gasteiger partial charge in [0.1, 0.15) is 0 Å². The van der Waals surface area contributed by atoms with Crippen LogP contribution >= 0.6 is 24.8 Å². The molecule has 0 spiro atoms. The van der Waals surface area contributed by atoms with E-state index in [4.69, 9.17) is 0 Å². The number of halogens is 2. The molecule has 0 amide bonds. The molecule has 0 radical (unpaired) electrons. The van der Waals surface area contributed by atoms with Gasteiger partial charge in [0.2, 0.25) is 0 Å². The van der Waals surface area contributed by atoms with Crippen molar-refractivity contribution in [2.45, 2.75) is 58.9 Å².